The van der Waals surface area contributed by atoms with E-state index in [1.54, 1.807) is 6.20 Å². The number of hydrogen-bond acceptors (Lipinski definition) is 3. The summed E-state index contributed by atoms with van der Waals surface area (Å²) < 4.78 is 0. The number of halogens is 1. The lowest BCUT2D eigenvalue weighted by atomic mass is 9.93. The fourth-order valence-corrected chi connectivity index (χ4v) is 1.93. The van der Waals surface area contributed by atoms with Gasteiger partial charge in [0.25, 0.3) is 0 Å². The zero-order chi connectivity index (χ0) is 11.4. The van der Waals surface area contributed by atoms with Crippen LogP contribution in [0, 0.1) is 6.92 Å². The minimum Gasteiger partial charge on any atom is -0.481 e. The van der Waals surface area contributed by atoms with E-state index >= 15 is 0 Å². The van der Waals surface area contributed by atoms with Crippen LogP contribution in [0.25, 0.3) is 0 Å². The first-order chi connectivity index (χ1) is 7.06. The molecule has 0 spiro atoms. The van der Waals surface area contributed by atoms with Crippen LogP contribution in [0.15, 0.2) is 12.4 Å². The third-order valence-corrected chi connectivity index (χ3v) is 2.55. The summed E-state index contributed by atoms with van der Waals surface area (Å²) in [5.41, 5.74) is 7.21. The standard InChI is InChI=1S/C10H13ClN2O2/c1-6-4-13-5-8(11)10(6)7(3-12)2-9(14)15/h4-5,7H,2-3,12H2,1H3,(H,14,15). The average molecular weight is 229 g/mol. The molecule has 4 nitrogen and oxygen atoms in total. The highest BCUT2D eigenvalue weighted by Crippen LogP contribution is 2.28. The number of carbonyl (C=O) groups is 1. The Labute approximate surface area is 93.1 Å². The van der Waals surface area contributed by atoms with Crippen LogP contribution in [0.5, 0.6) is 0 Å². The largest absolute Gasteiger partial charge is 0.481 e. The molecule has 0 fully saturated rings. The van der Waals surface area contributed by atoms with Crippen molar-refractivity contribution in [3.63, 3.8) is 0 Å². The smallest absolute Gasteiger partial charge is 0.304 e. The molecule has 82 valence electrons. The molecular formula is C10H13ClN2O2. The molecule has 0 aliphatic heterocycles. The number of aromatic nitrogens is 1. The lowest BCUT2D eigenvalue weighted by Gasteiger charge is -2.16. The van der Waals surface area contributed by atoms with Crippen LogP contribution in [0.2, 0.25) is 5.02 Å². The second-order valence-corrected chi connectivity index (χ2v) is 3.79. The summed E-state index contributed by atoms with van der Waals surface area (Å²) in [6, 6.07) is 0. The molecule has 3 N–H and O–H groups in total. The molecule has 0 aliphatic carbocycles. The zero-order valence-corrected chi connectivity index (χ0v) is 9.16. The number of aliphatic carboxylic acids is 1. The molecule has 1 aromatic rings. The van der Waals surface area contributed by atoms with E-state index < -0.39 is 5.97 Å². The van der Waals surface area contributed by atoms with Crippen molar-refractivity contribution < 1.29 is 9.90 Å². The van der Waals surface area contributed by atoms with Crippen molar-refractivity contribution in [1.29, 1.82) is 0 Å². The molecule has 5 heteroatoms. The molecule has 0 aliphatic rings. The quantitative estimate of drug-likeness (QED) is 0.820. The maximum Gasteiger partial charge on any atom is 0.304 e. The molecule has 0 aromatic carbocycles. The van der Waals surface area contributed by atoms with Gasteiger partial charge in [-0.05, 0) is 24.6 Å². The van der Waals surface area contributed by atoms with E-state index in [0.717, 1.165) is 11.1 Å². The first-order valence-corrected chi connectivity index (χ1v) is 4.96. The van der Waals surface area contributed by atoms with Gasteiger partial charge in [-0.3, -0.25) is 9.78 Å². The summed E-state index contributed by atoms with van der Waals surface area (Å²) in [4.78, 5) is 14.6. The molecule has 1 rings (SSSR count). The normalized spacial score (nSPS) is 12.5. The Bertz CT molecular complexity index is 348. The minimum absolute atomic E-state index is 0.0128. The van der Waals surface area contributed by atoms with Crippen LogP contribution in [-0.4, -0.2) is 22.6 Å². The van der Waals surface area contributed by atoms with Gasteiger partial charge >= 0.3 is 5.97 Å². The fourth-order valence-electron chi connectivity index (χ4n) is 1.57. The summed E-state index contributed by atoms with van der Waals surface area (Å²) in [6.07, 6.45) is 3.15. The number of nitrogens with two attached hydrogens (primary N) is 1. The molecule has 1 heterocycles. The maximum atomic E-state index is 10.7. The summed E-state index contributed by atoms with van der Waals surface area (Å²) in [5, 5.41) is 9.22. The van der Waals surface area contributed by atoms with Crippen molar-refractivity contribution >= 4 is 17.6 Å². The molecule has 0 saturated heterocycles. The van der Waals surface area contributed by atoms with Crippen molar-refractivity contribution in [1.82, 2.24) is 4.98 Å². The predicted molar refractivity (Wildman–Crippen MR) is 58.0 cm³/mol. The van der Waals surface area contributed by atoms with Gasteiger partial charge < -0.3 is 10.8 Å². The van der Waals surface area contributed by atoms with Crippen molar-refractivity contribution in [2.75, 3.05) is 6.54 Å². The number of hydrogen-bond donors (Lipinski definition) is 2. The molecule has 1 unspecified atom stereocenters. The summed E-state index contributed by atoms with van der Waals surface area (Å²) >= 11 is 5.98. The van der Waals surface area contributed by atoms with E-state index in [1.807, 2.05) is 6.92 Å². The third-order valence-electron chi connectivity index (χ3n) is 2.25. The Balaban J connectivity index is 3.05. The van der Waals surface area contributed by atoms with Gasteiger partial charge in [0.1, 0.15) is 0 Å². The highest BCUT2D eigenvalue weighted by Gasteiger charge is 2.18. The second-order valence-electron chi connectivity index (χ2n) is 3.38. The average Bonchev–Trinajstić information content (AvgIpc) is 2.15. The number of nitrogens with zero attached hydrogens (tertiary/aromatic N) is 1. The maximum absolute atomic E-state index is 10.7. The molecule has 0 amide bonds. The number of carboxylic acid groups (broad SMARTS) is 1. The second kappa shape index (κ2) is 5.09. The number of rotatable bonds is 4. The predicted octanol–water partition coefficient (Wildman–Crippen LogP) is 1.56. The van der Waals surface area contributed by atoms with Crippen LogP contribution in [0.1, 0.15) is 23.5 Å². The van der Waals surface area contributed by atoms with Crippen molar-refractivity contribution in [2.24, 2.45) is 5.73 Å². The Morgan fingerprint density at radius 1 is 1.67 bits per heavy atom. The first-order valence-electron chi connectivity index (χ1n) is 4.58. The Hall–Kier alpha value is -1.13. The van der Waals surface area contributed by atoms with E-state index in [-0.39, 0.29) is 18.9 Å². The topological polar surface area (TPSA) is 76.2 Å². The highest BCUT2D eigenvalue weighted by molar-refractivity contribution is 6.31. The van der Waals surface area contributed by atoms with Crippen molar-refractivity contribution in [3.8, 4) is 0 Å². The highest BCUT2D eigenvalue weighted by atomic mass is 35.5. The van der Waals surface area contributed by atoms with Crippen molar-refractivity contribution in [2.45, 2.75) is 19.3 Å². The number of pyridine rings is 1. The Morgan fingerprint density at radius 2 is 2.33 bits per heavy atom. The van der Waals surface area contributed by atoms with E-state index in [0.29, 0.717) is 5.02 Å². The minimum atomic E-state index is -0.877. The Kier molecular flexibility index (Phi) is 4.05. The lowest BCUT2D eigenvalue weighted by molar-refractivity contribution is -0.137. The van der Waals surface area contributed by atoms with Crippen LogP contribution in [0.3, 0.4) is 0 Å². The summed E-state index contributed by atoms with van der Waals surface area (Å²) in [7, 11) is 0. The van der Waals surface area contributed by atoms with Crippen LogP contribution >= 0.6 is 11.6 Å². The van der Waals surface area contributed by atoms with Gasteiger partial charge in [0.15, 0.2) is 0 Å². The molecule has 1 aromatic heterocycles. The summed E-state index contributed by atoms with van der Waals surface area (Å²) in [5.74, 6) is -1.13. The molecular weight excluding hydrogens is 216 g/mol. The number of aryl methyl sites for hydroxylation is 1. The van der Waals surface area contributed by atoms with E-state index in [2.05, 4.69) is 4.98 Å². The summed E-state index contributed by atoms with van der Waals surface area (Å²) in [6.45, 7) is 2.11. The third kappa shape index (κ3) is 2.91. The van der Waals surface area contributed by atoms with Gasteiger partial charge in [0.2, 0.25) is 0 Å². The van der Waals surface area contributed by atoms with Gasteiger partial charge in [0, 0.05) is 18.3 Å². The molecule has 15 heavy (non-hydrogen) atoms. The zero-order valence-electron chi connectivity index (χ0n) is 8.40. The SMILES string of the molecule is Cc1cncc(Cl)c1C(CN)CC(=O)O. The van der Waals surface area contributed by atoms with Gasteiger partial charge in [-0.25, -0.2) is 0 Å². The molecule has 0 bridgehead atoms. The number of carboxylic acids is 1. The monoisotopic (exact) mass is 228 g/mol. The van der Waals surface area contributed by atoms with E-state index in [9.17, 15) is 4.79 Å². The fraction of sp³-hybridized carbons (Fsp3) is 0.400. The molecule has 1 atom stereocenters. The van der Waals surface area contributed by atoms with E-state index in [4.69, 9.17) is 22.4 Å². The first kappa shape index (κ1) is 11.9. The molecule has 0 saturated carbocycles. The lowest BCUT2D eigenvalue weighted by Crippen LogP contribution is -2.17. The van der Waals surface area contributed by atoms with Gasteiger partial charge in [-0.15, -0.1) is 0 Å². The van der Waals surface area contributed by atoms with Gasteiger partial charge in [0.05, 0.1) is 11.4 Å². The van der Waals surface area contributed by atoms with Gasteiger partial charge in [-0.1, -0.05) is 11.6 Å². The van der Waals surface area contributed by atoms with Crippen molar-refractivity contribution in [3.05, 3.63) is 28.5 Å². The van der Waals surface area contributed by atoms with Crippen LogP contribution in [-0.2, 0) is 4.79 Å². The van der Waals surface area contributed by atoms with Crippen LogP contribution in [0.4, 0.5) is 0 Å². The Morgan fingerprint density at radius 3 is 2.80 bits per heavy atom. The molecule has 0 radical (unpaired) electrons. The van der Waals surface area contributed by atoms with Crippen LogP contribution < -0.4 is 5.73 Å². The van der Waals surface area contributed by atoms with Gasteiger partial charge in [-0.2, -0.15) is 0 Å². The van der Waals surface area contributed by atoms with E-state index in [1.165, 1.54) is 6.20 Å².